The maximum atomic E-state index is 13.5. The van der Waals surface area contributed by atoms with Gasteiger partial charge in [-0.15, -0.1) is 0 Å². The van der Waals surface area contributed by atoms with Crippen LogP contribution in [0.1, 0.15) is 44.2 Å². The molecule has 1 atom stereocenters. The minimum absolute atomic E-state index is 0.0233. The Morgan fingerprint density at radius 1 is 1.06 bits per heavy atom. The number of halogens is 3. The average molecular weight is 484 g/mol. The number of rotatable bonds is 9. The van der Waals surface area contributed by atoms with Crippen LogP contribution in [-0.4, -0.2) is 31.4 Å². The molecule has 180 valence electrons. The highest BCUT2D eigenvalue weighted by molar-refractivity contribution is 7.91. The van der Waals surface area contributed by atoms with Gasteiger partial charge in [-0.25, -0.2) is 8.42 Å². The van der Waals surface area contributed by atoms with E-state index in [4.69, 9.17) is 0 Å². The zero-order valence-electron chi connectivity index (χ0n) is 18.5. The zero-order valence-corrected chi connectivity index (χ0v) is 19.3. The predicted octanol–water partition coefficient (Wildman–Crippen LogP) is 4.85. The molecular weight excluding hydrogens is 455 g/mol. The summed E-state index contributed by atoms with van der Waals surface area (Å²) in [6.45, 7) is 3.20. The average Bonchev–Trinajstić information content (AvgIpc) is 3.50. The van der Waals surface area contributed by atoms with Gasteiger partial charge in [-0.1, -0.05) is 38.1 Å². The predicted molar refractivity (Wildman–Crippen MR) is 119 cm³/mol. The number of aliphatic hydroxyl groups is 1. The molecule has 0 aliphatic heterocycles. The lowest BCUT2D eigenvalue weighted by Crippen LogP contribution is -2.43. The van der Waals surface area contributed by atoms with Crippen LogP contribution in [0.5, 0.6) is 0 Å². The molecule has 0 aromatic heterocycles. The molecule has 3 rings (SSSR count). The Labute approximate surface area is 191 Å². The van der Waals surface area contributed by atoms with Crippen molar-refractivity contribution in [1.29, 1.82) is 0 Å². The molecule has 33 heavy (non-hydrogen) atoms. The van der Waals surface area contributed by atoms with Gasteiger partial charge in [0.15, 0.2) is 15.4 Å². The standard InChI is InChI=1S/C24H28F3NO4S/c1-16(2)14-23(30,24(25,26)27)19-7-9-20(10-8-19)28-22(29)13-17-5-11-21(12-6-17)33(31,32)15-18-3-4-18/h5-12,16,18,30H,3-4,13-15H2,1-2H3,(H,28,29). The van der Waals surface area contributed by atoms with Gasteiger partial charge in [0.2, 0.25) is 5.91 Å². The van der Waals surface area contributed by atoms with Crippen LogP contribution in [0.25, 0.3) is 0 Å². The Balaban J connectivity index is 1.63. The van der Waals surface area contributed by atoms with Gasteiger partial charge in [-0.2, -0.15) is 13.2 Å². The highest BCUT2D eigenvalue weighted by Gasteiger charge is 2.54. The van der Waals surface area contributed by atoms with Crippen LogP contribution < -0.4 is 5.32 Å². The lowest BCUT2D eigenvalue weighted by atomic mass is 9.85. The van der Waals surface area contributed by atoms with E-state index in [0.29, 0.717) is 11.3 Å². The minimum atomic E-state index is -4.83. The smallest absolute Gasteiger partial charge is 0.376 e. The molecule has 0 heterocycles. The van der Waals surface area contributed by atoms with Crippen molar-refractivity contribution in [3.63, 3.8) is 0 Å². The maximum Gasteiger partial charge on any atom is 0.421 e. The second-order valence-corrected chi connectivity index (χ2v) is 11.2. The molecule has 0 radical (unpaired) electrons. The van der Waals surface area contributed by atoms with E-state index in [-0.39, 0.29) is 34.5 Å². The summed E-state index contributed by atoms with van der Waals surface area (Å²) in [5.41, 5.74) is -2.35. The van der Waals surface area contributed by atoms with E-state index in [2.05, 4.69) is 5.32 Å². The number of amides is 1. The molecule has 0 bridgehead atoms. The number of hydrogen-bond donors (Lipinski definition) is 2. The highest BCUT2D eigenvalue weighted by Crippen LogP contribution is 2.43. The molecule has 2 aromatic rings. The molecule has 0 saturated heterocycles. The van der Waals surface area contributed by atoms with E-state index >= 15 is 0 Å². The summed E-state index contributed by atoms with van der Waals surface area (Å²) in [5, 5.41) is 12.9. The van der Waals surface area contributed by atoms with Gasteiger partial charge in [0.1, 0.15) is 0 Å². The fourth-order valence-electron chi connectivity index (χ4n) is 3.71. The summed E-state index contributed by atoms with van der Waals surface area (Å²) in [5.74, 6) is -0.399. The molecule has 2 N–H and O–H groups in total. The van der Waals surface area contributed by atoms with Crippen molar-refractivity contribution in [3.05, 3.63) is 59.7 Å². The Morgan fingerprint density at radius 3 is 2.12 bits per heavy atom. The first-order chi connectivity index (χ1) is 15.3. The Morgan fingerprint density at radius 2 is 1.64 bits per heavy atom. The molecule has 9 heteroatoms. The molecule has 1 unspecified atom stereocenters. The van der Waals surface area contributed by atoms with Gasteiger partial charge in [-0.3, -0.25) is 4.79 Å². The quantitative estimate of drug-likeness (QED) is 0.534. The van der Waals surface area contributed by atoms with E-state index in [1.54, 1.807) is 26.0 Å². The van der Waals surface area contributed by atoms with Gasteiger partial charge in [0, 0.05) is 5.69 Å². The van der Waals surface area contributed by atoms with Gasteiger partial charge in [-0.05, 0) is 66.5 Å². The van der Waals surface area contributed by atoms with Crippen LogP contribution >= 0.6 is 0 Å². The van der Waals surface area contributed by atoms with Crippen molar-refractivity contribution in [2.24, 2.45) is 11.8 Å². The third-order valence-corrected chi connectivity index (χ3v) is 7.52. The second kappa shape index (κ2) is 9.46. The number of sulfone groups is 1. The Bertz CT molecular complexity index is 1080. The van der Waals surface area contributed by atoms with Gasteiger partial charge in [0.25, 0.3) is 0 Å². The van der Waals surface area contributed by atoms with Crippen LogP contribution in [0.15, 0.2) is 53.4 Å². The van der Waals surface area contributed by atoms with Crippen molar-refractivity contribution in [2.75, 3.05) is 11.1 Å². The van der Waals surface area contributed by atoms with Gasteiger partial charge < -0.3 is 10.4 Å². The van der Waals surface area contributed by atoms with Gasteiger partial charge >= 0.3 is 6.18 Å². The largest absolute Gasteiger partial charge is 0.421 e. The van der Waals surface area contributed by atoms with Crippen LogP contribution in [0.3, 0.4) is 0 Å². The van der Waals surface area contributed by atoms with Crippen LogP contribution in [0.2, 0.25) is 0 Å². The summed E-state index contributed by atoms with van der Waals surface area (Å²) in [6.07, 6.45) is -3.46. The lowest BCUT2D eigenvalue weighted by molar-refractivity contribution is -0.272. The first-order valence-electron chi connectivity index (χ1n) is 10.8. The number of carbonyl (C=O) groups excluding carboxylic acids is 1. The topological polar surface area (TPSA) is 83.5 Å². The third-order valence-electron chi connectivity index (χ3n) is 5.62. The molecule has 1 fully saturated rings. The summed E-state index contributed by atoms with van der Waals surface area (Å²) in [6, 6.07) is 11.1. The fourth-order valence-corrected chi connectivity index (χ4v) is 5.41. The highest BCUT2D eigenvalue weighted by atomic mass is 32.2. The number of benzene rings is 2. The van der Waals surface area contributed by atoms with Crippen LogP contribution in [-0.2, 0) is 26.7 Å². The second-order valence-electron chi connectivity index (χ2n) is 9.13. The van der Waals surface area contributed by atoms with E-state index < -0.39 is 33.9 Å². The third kappa shape index (κ3) is 6.35. The van der Waals surface area contributed by atoms with Crippen molar-refractivity contribution in [2.45, 2.75) is 56.2 Å². The Kier molecular flexibility index (Phi) is 7.24. The molecule has 1 amide bonds. The first kappa shape index (κ1) is 25.2. The first-order valence-corrected chi connectivity index (χ1v) is 12.5. The Hall–Kier alpha value is -2.39. The van der Waals surface area contributed by atoms with Crippen molar-refractivity contribution < 1.29 is 31.5 Å². The summed E-state index contributed by atoms with van der Waals surface area (Å²) < 4.78 is 65.2. The number of anilines is 1. The number of hydrogen-bond acceptors (Lipinski definition) is 4. The van der Waals surface area contributed by atoms with Gasteiger partial charge in [0.05, 0.1) is 17.1 Å². The lowest BCUT2D eigenvalue weighted by Gasteiger charge is -2.32. The van der Waals surface area contributed by atoms with Crippen molar-refractivity contribution >= 4 is 21.4 Å². The van der Waals surface area contributed by atoms with E-state index in [0.717, 1.165) is 25.0 Å². The van der Waals surface area contributed by atoms with Crippen LogP contribution in [0.4, 0.5) is 18.9 Å². The molecule has 1 aliphatic rings. The number of carbonyl (C=O) groups is 1. The molecule has 1 aliphatic carbocycles. The molecule has 2 aromatic carbocycles. The normalized spacial score (nSPS) is 16.5. The number of alkyl halides is 3. The summed E-state index contributed by atoms with van der Waals surface area (Å²) >= 11 is 0. The van der Waals surface area contributed by atoms with E-state index in [9.17, 15) is 31.5 Å². The van der Waals surface area contributed by atoms with Crippen molar-refractivity contribution in [1.82, 2.24) is 0 Å². The maximum absolute atomic E-state index is 13.5. The number of nitrogens with one attached hydrogen (secondary N) is 1. The summed E-state index contributed by atoms with van der Waals surface area (Å²) in [4.78, 5) is 12.6. The van der Waals surface area contributed by atoms with Crippen LogP contribution in [0, 0.1) is 11.8 Å². The molecule has 1 saturated carbocycles. The SMILES string of the molecule is CC(C)CC(O)(c1ccc(NC(=O)Cc2ccc(S(=O)(=O)CC3CC3)cc2)cc1)C(F)(F)F. The molecule has 5 nitrogen and oxygen atoms in total. The van der Waals surface area contributed by atoms with Crippen molar-refractivity contribution in [3.8, 4) is 0 Å². The minimum Gasteiger partial charge on any atom is -0.376 e. The van der Waals surface area contributed by atoms with E-state index in [1.807, 2.05) is 0 Å². The zero-order chi connectivity index (χ0) is 24.4. The monoisotopic (exact) mass is 483 g/mol. The molecular formula is C24H28F3NO4S. The van der Waals surface area contributed by atoms with E-state index in [1.165, 1.54) is 24.3 Å². The fraction of sp³-hybridized carbons (Fsp3) is 0.458. The molecule has 0 spiro atoms. The summed E-state index contributed by atoms with van der Waals surface area (Å²) in [7, 11) is -3.33.